The van der Waals surface area contributed by atoms with E-state index in [4.69, 9.17) is 27.9 Å². The predicted molar refractivity (Wildman–Crippen MR) is 122 cm³/mol. The third-order valence-corrected chi connectivity index (χ3v) is 7.38. The molecule has 2 aliphatic rings. The summed E-state index contributed by atoms with van der Waals surface area (Å²) in [5.41, 5.74) is 0.584. The summed E-state index contributed by atoms with van der Waals surface area (Å²) >= 11 is 11.8. The molecule has 0 aromatic heterocycles. The summed E-state index contributed by atoms with van der Waals surface area (Å²) in [5.74, 6) is -3.86. The number of para-hydroxylation sites is 1. The van der Waals surface area contributed by atoms with Crippen molar-refractivity contribution in [1.82, 2.24) is 10.2 Å². The number of likely N-dealkylation sites (tertiary alicyclic amines) is 1. The van der Waals surface area contributed by atoms with Crippen molar-refractivity contribution in [3.63, 3.8) is 0 Å². The molecule has 1 spiro atoms. The lowest BCUT2D eigenvalue weighted by molar-refractivity contribution is -0.162. The molecular weight excluding hydrogens is 457 g/mol. The molecule has 2 aliphatic heterocycles. The van der Waals surface area contributed by atoms with E-state index in [2.05, 4.69) is 11.4 Å². The van der Waals surface area contributed by atoms with Crippen molar-refractivity contribution in [2.75, 3.05) is 33.3 Å². The number of rotatable bonds is 4. The number of alkyl halides is 2. The van der Waals surface area contributed by atoms with E-state index >= 15 is 8.78 Å². The summed E-state index contributed by atoms with van der Waals surface area (Å²) in [6.45, 7) is 2.24. The van der Waals surface area contributed by atoms with E-state index in [1.165, 1.54) is 11.0 Å². The number of methoxy groups -OCH3 is 1. The zero-order valence-corrected chi connectivity index (χ0v) is 19.4. The minimum atomic E-state index is -3.69. The Labute approximate surface area is 196 Å². The highest BCUT2D eigenvalue weighted by molar-refractivity contribution is 6.34. The highest BCUT2D eigenvalue weighted by Gasteiger charge is 2.49. The Bertz CT molecular complexity index is 973. The van der Waals surface area contributed by atoms with Gasteiger partial charge in [0.25, 0.3) is 5.91 Å². The summed E-state index contributed by atoms with van der Waals surface area (Å²) in [7, 11) is 1.66. The van der Waals surface area contributed by atoms with Crippen molar-refractivity contribution in [2.45, 2.75) is 31.1 Å². The topological polar surface area (TPSA) is 41.6 Å². The maximum absolute atomic E-state index is 15.0. The second-order valence-electron chi connectivity index (χ2n) is 8.64. The first-order chi connectivity index (χ1) is 15.3. The van der Waals surface area contributed by atoms with Gasteiger partial charge < -0.3 is 15.0 Å². The molecule has 4 rings (SSSR count). The Morgan fingerprint density at radius 1 is 1.12 bits per heavy atom. The van der Waals surface area contributed by atoms with Gasteiger partial charge in [-0.25, -0.2) is 0 Å². The number of ether oxygens (including phenoxy) is 1. The molecule has 0 saturated carbocycles. The van der Waals surface area contributed by atoms with E-state index in [0.29, 0.717) is 12.8 Å². The lowest BCUT2D eigenvalue weighted by Gasteiger charge is -2.50. The van der Waals surface area contributed by atoms with Crippen molar-refractivity contribution in [3.05, 3.63) is 63.6 Å². The SMILES string of the molecule is COc1ccccc1C1CNCCC12CCN(C(=O)C(F)(F)c1cc(Cl)cc(Cl)c1)CC2. The Hall–Kier alpha value is -1.89. The van der Waals surface area contributed by atoms with Crippen LogP contribution in [0.2, 0.25) is 10.0 Å². The molecule has 8 heteroatoms. The number of amides is 1. The zero-order valence-electron chi connectivity index (χ0n) is 17.8. The zero-order chi connectivity index (χ0) is 22.9. The van der Waals surface area contributed by atoms with Crippen LogP contribution in [0, 0.1) is 5.41 Å². The van der Waals surface area contributed by atoms with Crippen molar-refractivity contribution < 1.29 is 18.3 Å². The summed E-state index contributed by atoms with van der Waals surface area (Å²) in [4.78, 5) is 14.1. The molecule has 2 saturated heterocycles. The average Bonchev–Trinajstić information content (AvgIpc) is 2.79. The van der Waals surface area contributed by atoms with Gasteiger partial charge in [0, 0.05) is 41.2 Å². The average molecular weight is 483 g/mol. The van der Waals surface area contributed by atoms with Crippen LogP contribution in [0.25, 0.3) is 0 Å². The summed E-state index contributed by atoms with van der Waals surface area (Å²) in [6.07, 6.45) is 2.25. The highest BCUT2D eigenvalue weighted by atomic mass is 35.5. The number of benzene rings is 2. The second kappa shape index (κ2) is 9.16. The number of halogens is 4. The molecule has 2 aromatic carbocycles. The largest absolute Gasteiger partial charge is 0.496 e. The number of hydrogen-bond acceptors (Lipinski definition) is 3. The number of carbonyl (C=O) groups excluding carboxylic acids is 1. The molecule has 4 nitrogen and oxygen atoms in total. The number of hydrogen-bond donors (Lipinski definition) is 1. The fraction of sp³-hybridized carbons (Fsp3) is 0.458. The number of piperidine rings is 2. The third kappa shape index (κ3) is 4.33. The molecule has 1 N–H and O–H groups in total. The minimum absolute atomic E-state index is 0.0642. The first-order valence-corrected chi connectivity index (χ1v) is 11.5. The van der Waals surface area contributed by atoms with Gasteiger partial charge in [0.05, 0.1) is 7.11 Å². The van der Waals surface area contributed by atoms with Crippen LogP contribution in [0.1, 0.15) is 36.3 Å². The summed E-state index contributed by atoms with van der Waals surface area (Å²) < 4.78 is 35.7. The summed E-state index contributed by atoms with van der Waals surface area (Å²) in [5, 5.41) is 3.62. The fourth-order valence-corrected chi connectivity index (χ4v) is 5.71. The van der Waals surface area contributed by atoms with Crippen molar-refractivity contribution >= 4 is 29.1 Å². The van der Waals surface area contributed by atoms with E-state index in [9.17, 15) is 4.79 Å². The van der Waals surface area contributed by atoms with E-state index < -0.39 is 17.4 Å². The van der Waals surface area contributed by atoms with Crippen LogP contribution in [0.15, 0.2) is 42.5 Å². The maximum Gasteiger partial charge on any atom is 0.350 e. The second-order valence-corrected chi connectivity index (χ2v) is 9.51. The molecule has 172 valence electrons. The predicted octanol–water partition coefficient (Wildman–Crippen LogP) is 5.48. The molecule has 0 bridgehead atoms. The van der Waals surface area contributed by atoms with Crippen LogP contribution in [0.5, 0.6) is 5.75 Å². The Morgan fingerprint density at radius 2 is 1.78 bits per heavy atom. The van der Waals surface area contributed by atoms with Gasteiger partial charge in [0.1, 0.15) is 5.75 Å². The van der Waals surface area contributed by atoms with Gasteiger partial charge in [-0.3, -0.25) is 4.79 Å². The smallest absolute Gasteiger partial charge is 0.350 e. The van der Waals surface area contributed by atoms with E-state index in [1.54, 1.807) is 7.11 Å². The van der Waals surface area contributed by atoms with Crippen LogP contribution in [0.4, 0.5) is 8.78 Å². The number of carbonyl (C=O) groups is 1. The molecule has 2 fully saturated rings. The lowest BCUT2D eigenvalue weighted by Crippen LogP contribution is -2.53. The highest BCUT2D eigenvalue weighted by Crippen LogP contribution is 2.50. The standard InChI is InChI=1S/C24H26Cl2F2N2O2/c1-32-21-5-3-2-4-19(21)20-15-29-9-6-23(20)7-10-30(11-8-23)22(31)24(27,28)16-12-17(25)14-18(26)13-16/h2-5,12-14,20,29H,6-11,15H2,1H3. The van der Waals surface area contributed by atoms with E-state index in [0.717, 1.165) is 43.0 Å². The van der Waals surface area contributed by atoms with Gasteiger partial charge in [0.2, 0.25) is 0 Å². The third-order valence-electron chi connectivity index (χ3n) is 6.94. The maximum atomic E-state index is 15.0. The van der Waals surface area contributed by atoms with Gasteiger partial charge in [-0.1, -0.05) is 41.4 Å². The molecule has 32 heavy (non-hydrogen) atoms. The molecule has 1 atom stereocenters. The van der Waals surface area contributed by atoms with Gasteiger partial charge in [0.15, 0.2) is 0 Å². The summed E-state index contributed by atoms with van der Waals surface area (Å²) in [6, 6.07) is 11.5. The van der Waals surface area contributed by atoms with E-state index in [-0.39, 0.29) is 34.5 Å². The Kier molecular flexibility index (Phi) is 6.66. The fourth-order valence-electron chi connectivity index (χ4n) is 5.18. The van der Waals surface area contributed by atoms with Gasteiger partial charge in [-0.2, -0.15) is 8.78 Å². The molecular formula is C24H26Cl2F2N2O2. The number of nitrogens with zero attached hydrogens (tertiary/aromatic N) is 1. The first kappa shape index (κ1) is 23.3. The van der Waals surface area contributed by atoms with Crippen LogP contribution in [-0.2, 0) is 10.7 Å². The lowest BCUT2D eigenvalue weighted by atomic mass is 9.62. The Balaban J connectivity index is 1.53. The van der Waals surface area contributed by atoms with Crippen LogP contribution in [0.3, 0.4) is 0 Å². The molecule has 1 amide bonds. The molecule has 1 unspecified atom stereocenters. The van der Waals surface area contributed by atoms with Crippen LogP contribution >= 0.6 is 23.2 Å². The number of nitrogens with one attached hydrogen (secondary N) is 1. The van der Waals surface area contributed by atoms with Crippen molar-refractivity contribution in [3.8, 4) is 5.75 Å². The first-order valence-electron chi connectivity index (χ1n) is 10.7. The molecule has 0 radical (unpaired) electrons. The van der Waals surface area contributed by atoms with E-state index in [1.807, 2.05) is 18.2 Å². The normalized spacial score (nSPS) is 20.9. The quantitative estimate of drug-likeness (QED) is 0.627. The monoisotopic (exact) mass is 482 g/mol. The van der Waals surface area contributed by atoms with Gasteiger partial charge in [-0.15, -0.1) is 0 Å². The molecule has 2 aromatic rings. The Morgan fingerprint density at radius 3 is 2.44 bits per heavy atom. The molecule has 0 aliphatic carbocycles. The minimum Gasteiger partial charge on any atom is -0.496 e. The molecule has 2 heterocycles. The van der Waals surface area contributed by atoms with Crippen molar-refractivity contribution in [2.24, 2.45) is 5.41 Å². The van der Waals surface area contributed by atoms with Crippen LogP contribution < -0.4 is 10.1 Å². The van der Waals surface area contributed by atoms with Crippen LogP contribution in [-0.4, -0.2) is 44.1 Å². The van der Waals surface area contributed by atoms with Gasteiger partial charge in [-0.05, 0) is 61.1 Å². The van der Waals surface area contributed by atoms with Gasteiger partial charge >= 0.3 is 5.92 Å². The van der Waals surface area contributed by atoms with Crippen molar-refractivity contribution in [1.29, 1.82) is 0 Å².